The van der Waals surface area contributed by atoms with Crippen LogP contribution in [-0.4, -0.2) is 38.5 Å². The molecule has 1 fully saturated rings. The lowest BCUT2D eigenvalue weighted by molar-refractivity contribution is 0.0398. The van der Waals surface area contributed by atoms with Crippen LogP contribution in [0.4, 0.5) is 0 Å². The molecule has 2 atom stereocenters. The second-order valence-electron chi connectivity index (χ2n) is 4.16. The molecule has 0 radical (unpaired) electrons. The van der Waals surface area contributed by atoms with Crippen molar-refractivity contribution >= 4 is 0 Å². The fraction of sp³-hybridized carbons (Fsp3) is 1.00. The van der Waals surface area contributed by atoms with Crippen molar-refractivity contribution in [3.63, 3.8) is 0 Å². The van der Waals surface area contributed by atoms with Crippen molar-refractivity contribution in [2.45, 2.75) is 51.7 Å². The van der Waals surface area contributed by atoms with Crippen LogP contribution in [0.2, 0.25) is 0 Å². The highest BCUT2D eigenvalue weighted by atomic mass is 16.5. The van der Waals surface area contributed by atoms with E-state index < -0.39 is 0 Å². The van der Waals surface area contributed by atoms with Crippen LogP contribution in [0, 0.1) is 0 Å². The zero-order valence-electron chi connectivity index (χ0n) is 10.1. The van der Waals surface area contributed by atoms with Crippen LogP contribution in [0.3, 0.4) is 0 Å². The molecule has 90 valence electrons. The number of nitrogens with one attached hydrogen (secondary N) is 1. The standard InChI is InChI=1S/C12H25NO2/c1-3-11(13-4-2)6-5-8-15-12-7-9-14-10-12/h11-13H,3-10H2,1-2H3. The minimum absolute atomic E-state index is 0.365. The van der Waals surface area contributed by atoms with E-state index in [-0.39, 0.29) is 0 Å². The molecule has 1 aliphatic rings. The fourth-order valence-electron chi connectivity index (χ4n) is 1.96. The van der Waals surface area contributed by atoms with Gasteiger partial charge in [0.05, 0.1) is 12.7 Å². The van der Waals surface area contributed by atoms with Crippen molar-refractivity contribution in [1.29, 1.82) is 0 Å². The van der Waals surface area contributed by atoms with Crippen LogP contribution >= 0.6 is 0 Å². The van der Waals surface area contributed by atoms with E-state index in [0.29, 0.717) is 12.1 Å². The molecule has 0 saturated carbocycles. The Hall–Kier alpha value is -0.120. The quantitative estimate of drug-likeness (QED) is 0.628. The Balaban J connectivity index is 1.94. The largest absolute Gasteiger partial charge is 0.379 e. The molecule has 0 aliphatic carbocycles. The molecule has 0 spiro atoms. The van der Waals surface area contributed by atoms with Gasteiger partial charge in [-0.05, 0) is 32.2 Å². The van der Waals surface area contributed by atoms with E-state index in [1.165, 1.54) is 12.8 Å². The lowest BCUT2D eigenvalue weighted by Gasteiger charge is -2.16. The van der Waals surface area contributed by atoms with E-state index in [9.17, 15) is 0 Å². The SMILES string of the molecule is CCNC(CC)CCCOC1CCOC1. The minimum Gasteiger partial charge on any atom is -0.379 e. The molecular weight excluding hydrogens is 190 g/mol. The second kappa shape index (κ2) is 8.08. The van der Waals surface area contributed by atoms with E-state index in [1.54, 1.807) is 0 Å². The number of hydrogen-bond donors (Lipinski definition) is 1. The van der Waals surface area contributed by atoms with Gasteiger partial charge in [-0.3, -0.25) is 0 Å². The van der Waals surface area contributed by atoms with E-state index >= 15 is 0 Å². The first-order valence-corrected chi connectivity index (χ1v) is 6.29. The molecule has 1 rings (SSSR count). The smallest absolute Gasteiger partial charge is 0.0830 e. The van der Waals surface area contributed by atoms with Crippen molar-refractivity contribution < 1.29 is 9.47 Å². The van der Waals surface area contributed by atoms with Crippen molar-refractivity contribution in [1.82, 2.24) is 5.32 Å². The molecule has 1 N–H and O–H groups in total. The average Bonchev–Trinajstić information content (AvgIpc) is 2.75. The first kappa shape index (κ1) is 12.9. The van der Waals surface area contributed by atoms with Gasteiger partial charge >= 0.3 is 0 Å². The Morgan fingerprint density at radius 2 is 2.33 bits per heavy atom. The van der Waals surface area contributed by atoms with Crippen LogP contribution in [0.1, 0.15) is 39.5 Å². The van der Waals surface area contributed by atoms with E-state index in [1.807, 2.05) is 0 Å². The van der Waals surface area contributed by atoms with Crippen molar-refractivity contribution in [2.24, 2.45) is 0 Å². The third-order valence-corrected chi connectivity index (χ3v) is 2.92. The number of ether oxygens (including phenoxy) is 2. The molecule has 1 heterocycles. The molecule has 1 aliphatic heterocycles. The van der Waals surface area contributed by atoms with Crippen molar-refractivity contribution in [2.75, 3.05) is 26.4 Å². The number of hydrogen-bond acceptors (Lipinski definition) is 3. The van der Waals surface area contributed by atoms with Crippen molar-refractivity contribution in [3.8, 4) is 0 Å². The zero-order valence-corrected chi connectivity index (χ0v) is 10.1. The molecule has 0 amide bonds. The van der Waals surface area contributed by atoms with Crippen LogP contribution in [-0.2, 0) is 9.47 Å². The lowest BCUT2D eigenvalue weighted by Crippen LogP contribution is -2.28. The zero-order chi connectivity index (χ0) is 10.9. The molecule has 1 saturated heterocycles. The van der Waals surface area contributed by atoms with Crippen LogP contribution in [0.5, 0.6) is 0 Å². The van der Waals surface area contributed by atoms with Gasteiger partial charge in [0.2, 0.25) is 0 Å². The Kier molecular flexibility index (Phi) is 6.98. The Morgan fingerprint density at radius 1 is 1.47 bits per heavy atom. The van der Waals surface area contributed by atoms with Gasteiger partial charge in [-0.1, -0.05) is 13.8 Å². The maximum atomic E-state index is 5.72. The highest BCUT2D eigenvalue weighted by Crippen LogP contribution is 2.09. The highest BCUT2D eigenvalue weighted by molar-refractivity contribution is 4.65. The summed E-state index contributed by atoms with van der Waals surface area (Å²) in [6.45, 7) is 8.02. The molecule has 0 aromatic heterocycles. The van der Waals surface area contributed by atoms with Gasteiger partial charge in [0.15, 0.2) is 0 Å². The van der Waals surface area contributed by atoms with Crippen LogP contribution < -0.4 is 5.32 Å². The normalized spacial score (nSPS) is 23.2. The van der Waals surface area contributed by atoms with Crippen molar-refractivity contribution in [3.05, 3.63) is 0 Å². The average molecular weight is 215 g/mol. The first-order valence-electron chi connectivity index (χ1n) is 6.29. The predicted octanol–water partition coefficient (Wildman–Crippen LogP) is 1.96. The second-order valence-corrected chi connectivity index (χ2v) is 4.16. The van der Waals surface area contributed by atoms with E-state index in [2.05, 4.69) is 19.2 Å². The molecule has 15 heavy (non-hydrogen) atoms. The summed E-state index contributed by atoms with van der Waals surface area (Å²) >= 11 is 0. The first-order chi connectivity index (χ1) is 7.36. The summed E-state index contributed by atoms with van der Waals surface area (Å²) in [6.07, 6.45) is 5.02. The van der Waals surface area contributed by atoms with Crippen LogP contribution in [0.25, 0.3) is 0 Å². The Labute approximate surface area is 93.5 Å². The molecule has 0 aromatic rings. The van der Waals surface area contributed by atoms with E-state index in [0.717, 1.165) is 39.2 Å². The number of rotatable bonds is 8. The molecule has 3 heteroatoms. The van der Waals surface area contributed by atoms with Gasteiger partial charge in [0.25, 0.3) is 0 Å². The van der Waals surface area contributed by atoms with E-state index in [4.69, 9.17) is 9.47 Å². The Bertz CT molecular complexity index is 147. The molecule has 3 nitrogen and oxygen atoms in total. The summed E-state index contributed by atoms with van der Waals surface area (Å²) in [7, 11) is 0. The van der Waals surface area contributed by atoms with Gasteiger partial charge in [-0.15, -0.1) is 0 Å². The van der Waals surface area contributed by atoms with Gasteiger partial charge in [0, 0.05) is 19.3 Å². The minimum atomic E-state index is 0.365. The third kappa shape index (κ3) is 5.50. The van der Waals surface area contributed by atoms with Crippen LogP contribution in [0.15, 0.2) is 0 Å². The predicted molar refractivity (Wildman–Crippen MR) is 62.2 cm³/mol. The lowest BCUT2D eigenvalue weighted by atomic mass is 10.1. The van der Waals surface area contributed by atoms with Gasteiger partial charge < -0.3 is 14.8 Å². The summed E-state index contributed by atoms with van der Waals surface area (Å²) in [5.41, 5.74) is 0. The third-order valence-electron chi connectivity index (χ3n) is 2.92. The topological polar surface area (TPSA) is 30.5 Å². The summed E-state index contributed by atoms with van der Waals surface area (Å²) < 4.78 is 11.0. The maximum Gasteiger partial charge on any atom is 0.0830 e. The molecule has 2 unspecified atom stereocenters. The summed E-state index contributed by atoms with van der Waals surface area (Å²) in [5.74, 6) is 0. The van der Waals surface area contributed by atoms with Gasteiger partial charge in [-0.2, -0.15) is 0 Å². The fourth-order valence-corrected chi connectivity index (χ4v) is 1.96. The Morgan fingerprint density at radius 3 is 2.93 bits per heavy atom. The van der Waals surface area contributed by atoms with Gasteiger partial charge in [-0.25, -0.2) is 0 Å². The summed E-state index contributed by atoms with van der Waals surface area (Å²) in [4.78, 5) is 0. The summed E-state index contributed by atoms with van der Waals surface area (Å²) in [5, 5.41) is 3.48. The maximum absolute atomic E-state index is 5.72. The summed E-state index contributed by atoms with van der Waals surface area (Å²) in [6, 6.07) is 0.665. The molecule has 0 bridgehead atoms. The highest BCUT2D eigenvalue weighted by Gasteiger charge is 2.15. The van der Waals surface area contributed by atoms with Gasteiger partial charge in [0.1, 0.15) is 0 Å². The monoisotopic (exact) mass is 215 g/mol. The molecule has 0 aromatic carbocycles. The molecular formula is C12H25NO2.